The van der Waals surface area contributed by atoms with Crippen LogP contribution in [0.5, 0.6) is 23.0 Å². The summed E-state index contributed by atoms with van der Waals surface area (Å²) < 4.78 is 14.0. The molecule has 0 radical (unpaired) electrons. The Balaban J connectivity index is 1.78. The van der Waals surface area contributed by atoms with Crippen LogP contribution in [0.3, 0.4) is 0 Å². The summed E-state index contributed by atoms with van der Waals surface area (Å²) in [6.45, 7) is 0. The zero-order valence-electron chi connectivity index (χ0n) is 21.5. The lowest BCUT2D eigenvalue weighted by molar-refractivity contribution is 0.0992. The van der Waals surface area contributed by atoms with Gasteiger partial charge in [0, 0.05) is 26.2 Å². The van der Waals surface area contributed by atoms with Crippen LogP contribution in [-0.2, 0) is 0 Å². The first-order chi connectivity index (χ1) is 19.9. The van der Waals surface area contributed by atoms with Crippen molar-refractivity contribution in [3.05, 3.63) is 119 Å². The molecular weight excluding hydrogens is 580 g/mol. The number of primary amides is 2. The van der Waals surface area contributed by atoms with Crippen LogP contribution in [0, 0.1) is 0 Å². The summed E-state index contributed by atoms with van der Waals surface area (Å²) in [6, 6.07) is 31.6. The summed E-state index contributed by atoms with van der Waals surface area (Å²) in [5.41, 5.74) is 12.5. The molecule has 6 nitrogen and oxygen atoms in total. The van der Waals surface area contributed by atoms with Gasteiger partial charge in [-0.3, -0.25) is 9.59 Å². The van der Waals surface area contributed by atoms with E-state index in [1.807, 2.05) is 78.9 Å². The zero-order chi connectivity index (χ0) is 28.2. The van der Waals surface area contributed by atoms with Crippen molar-refractivity contribution in [1.82, 2.24) is 0 Å². The third kappa shape index (κ3) is 3.85. The number of ether oxygens (including phenoxy) is 2. The molecule has 0 aliphatic heterocycles. The smallest absolute Gasteiger partial charge is 0.253 e. The average Bonchev–Trinajstić information content (AvgIpc) is 2.98. The third-order valence-electron chi connectivity index (χ3n) is 7.35. The summed E-state index contributed by atoms with van der Waals surface area (Å²) in [7, 11) is 0. The quantitative estimate of drug-likeness (QED) is 0.148. The molecule has 0 aromatic heterocycles. The number of amides is 2. The van der Waals surface area contributed by atoms with Crippen LogP contribution in [0.15, 0.2) is 108 Å². The minimum atomic E-state index is -0.696. The minimum absolute atomic E-state index is 0.142. The van der Waals surface area contributed by atoms with Gasteiger partial charge < -0.3 is 20.9 Å². The van der Waals surface area contributed by atoms with Crippen LogP contribution in [-0.4, -0.2) is 11.8 Å². The Kier molecular flexibility index (Phi) is 5.76. The maximum Gasteiger partial charge on any atom is 0.253 e. The van der Waals surface area contributed by atoms with Crippen molar-refractivity contribution in [3.8, 4) is 23.0 Å². The van der Waals surface area contributed by atoms with E-state index in [2.05, 4.69) is 15.9 Å². The van der Waals surface area contributed by atoms with E-state index in [1.54, 1.807) is 24.3 Å². The van der Waals surface area contributed by atoms with Gasteiger partial charge in [-0.25, -0.2) is 0 Å². The maximum atomic E-state index is 13.2. The molecule has 0 bridgehead atoms. The van der Waals surface area contributed by atoms with Gasteiger partial charge in [0.05, 0.1) is 5.56 Å². The highest BCUT2D eigenvalue weighted by Crippen LogP contribution is 2.53. The lowest BCUT2D eigenvalue weighted by Gasteiger charge is -2.23. The molecule has 0 heterocycles. The van der Waals surface area contributed by atoms with Crippen molar-refractivity contribution in [2.24, 2.45) is 11.5 Å². The van der Waals surface area contributed by atoms with E-state index in [1.165, 1.54) is 0 Å². The van der Waals surface area contributed by atoms with E-state index in [-0.39, 0.29) is 11.3 Å². The number of rotatable bonds is 6. The number of hydrogen-bond acceptors (Lipinski definition) is 4. The Hall–Kier alpha value is -5.14. The Bertz CT molecular complexity index is 2160. The van der Waals surface area contributed by atoms with Crippen molar-refractivity contribution in [1.29, 1.82) is 0 Å². The van der Waals surface area contributed by atoms with Gasteiger partial charge in [-0.2, -0.15) is 0 Å². The number of nitrogens with two attached hydrogens (primary N) is 2. The maximum absolute atomic E-state index is 13.2. The van der Waals surface area contributed by atoms with Crippen LogP contribution in [0.25, 0.3) is 43.1 Å². The van der Waals surface area contributed by atoms with E-state index in [4.69, 9.17) is 20.9 Å². The molecule has 0 aliphatic carbocycles. The molecule has 198 valence electrons. The van der Waals surface area contributed by atoms with Crippen molar-refractivity contribution in [2.75, 3.05) is 0 Å². The number of para-hydroxylation sites is 2. The van der Waals surface area contributed by atoms with Gasteiger partial charge in [0.25, 0.3) is 5.91 Å². The zero-order valence-corrected chi connectivity index (χ0v) is 23.1. The highest BCUT2D eigenvalue weighted by atomic mass is 79.9. The Morgan fingerprint density at radius 3 is 1.73 bits per heavy atom. The first-order valence-corrected chi connectivity index (χ1v) is 13.7. The molecule has 0 atom stereocenters. The number of benzene rings is 7. The SMILES string of the molecule is NC(=O)c1c(Oc2ccccc2)c(Oc2ccccc2)c2c3cccc4c(Br)ccc(c5c(C(N)=O)ccc1c52)c43. The second kappa shape index (κ2) is 9.50. The normalized spacial score (nSPS) is 11.4. The molecular formula is C34H21BrN2O4. The first-order valence-electron chi connectivity index (χ1n) is 12.9. The summed E-state index contributed by atoms with van der Waals surface area (Å²) in [5, 5.41) is 6.02. The Labute approximate surface area is 242 Å². The number of fused-ring (bicyclic) bond motifs is 2. The second-order valence-electron chi connectivity index (χ2n) is 9.70. The third-order valence-corrected chi connectivity index (χ3v) is 8.04. The molecule has 7 aromatic carbocycles. The first kappa shape index (κ1) is 24.9. The van der Waals surface area contributed by atoms with Gasteiger partial charge in [-0.1, -0.05) is 82.7 Å². The fourth-order valence-corrected chi connectivity index (χ4v) is 6.18. The molecule has 2 amide bonds. The van der Waals surface area contributed by atoms with Crippen molar-refractivity contribution >= 4 is 70.8 Å². The number of halogens is 1. The molecule has 0 spiro atoms. The Morgan fingerprint density at radius 1 is 0.512 bits per heavy atom. The highest BCUT2D eigenvalue weighted by Gasteiger charge is 2.29. The summed E-state index contributed by atoms with van der Waals surface area (Å²) >= 11 is 3.70. The molecule has 7 heteroatoms. The topological polar surface area (TPSA) is 105 Å². The van der Waals surface area contributed by atoms with Gasteiger partial charge in [0.1, 0.15) is 11.5 Å². The molecule has 0 unspecified atom stereocenters. The fourth-order valence-electron chi connectivity index (χ4n) is 5.72. The van der Waals surface area contributed by atoms with Crippen LogP contribution < -0.4 is 20.9 Å². The lowest BCUT2D eigenvalue weighted by Crippen LogP contribution is -2.15. The molecule has 0 aliphatic rings. The molecule has 0 saturated heterocycles. The van der Waals surface area contributed by atoms with Crippen LogP contribution in [0.1, 0.15) is 20.7 Å². The van der Waals surface area contributed by atoms with Crippen LogP contribution in [0.4, 0.5) is 0 Å². The molecule has 4 N–H and O–H groups in total. The van der Waals surface area contributed by atoms with Gasteiger partial charge in [-0.05, 0) is 63.3 Å². The van der Waals surface area contributed by atoms with Gasteiger partial charge in [-0.15, -0.1) is 0 Å². The predicted octanol–water partition coefficient (Wildman–Crippen LogP) is 8.28. The van der Waals surface area contributed by atoms with E-state index >= 15 is 0 Å². The van der Waals surface area contributed by atoms with Gasteiger partial charge >= 0.3 is 0 Å². The monoisotopic (exact) mass is 600 g/mol. The summed E-state index contributed by atoms with van der Waals surface area (Å²) in [4.78, 5) is 26.1. The average molecular weight is 601 g/mol. The fraction of sp³-hybridized carbons (Fsp3) is 0. The Morgan fingerprint density at radius 2 is 1.10 bits per heavy atom. The summed E-state index contributed by atoms with van der Waals surface area (Å²) in [6.07, 6.45) is 0. The van der Waals surface area contributed by atoms with Crippen molar-refractivity contribution in [3.63, 3.8) is 0 Å². The number of carbonyl (C=O) groups is 2. The van der Waals surface area contributed by atoms with Gasteiger partial charge in [0.2, 0.25) is 5.91 Å². The highest BCUT2D eigenvalue weighted by molar-refractivity contribution is 9.10. The summed E-state index contributed by atoms with van der Waals surface area (Å²) in [5.74, 6) is 0.254. The van der Waals surface area contributed by atoms with E-state index in [0.717, 1.165) is 26.0 Å². The lowest BCUT2D eigenvalue weighted by atomic mass is 9.85. The van der Waals surface area contributed by atoms with E-state index in [9.17, 15) is 9.59 Å². The molecule has 7 rings (SSSR count). The van der Waals surface area contributed by atoms with Crippen LogP contribution in [0.2, 0.25) is 0 Å². The van der Waals surface area contributed by atoms with E-state index in [0.29, 0.717) is 44.4 Å². The molecule has 41 heavy (non-hydrogen) atoms. The number of carbonyl (C=O) groups excluding carboxylic acids is 2. The predicted molar refractivity (Wildman–Crippen MR) is 165 cm³/mol. The molecule has 0 saturated carbocycles. The van der Waals surface area contributed by atoms with Crippen molar-refractivity contribution in [2.45, 2.75) is 0 Å². The number of hydrogen-bond donors (Lipinski definition) is 2. The van der Waals surface area contributed by atoms with Crippen LogP contribution >= 0.6 is 15.9 Å². The van der Waals surface area contributed by atoms with Gasteiger partial charge in [0.15, 0.2) is 11.5 Å². The van der Waals surface area contributed by atoms with E-state index < -0.39 is 11.8 Å². The standard InChI is InChI=1S/C34H21BrN2O4/c35-25-17-16-22-26-20(25)12-7-13-21(26)29-28-23(14-15-24(27(22)28)33(36)38)30(34(37)39)32(41-19-10-5-2-6-11-19)31(29)40-18-8-3-1-4-9-18/h1-17H,(H2,36,38)(H2,37,39). The van der Waals surface area contributed by atoms with Crippen molar-refractivity contribution < 1.29 is 19.1 Å². The molecule has 0 fully saturated rings. The molecule has 7 aromatic rings. The minimum Gasteiger partial charge on any atom is -0.453 e. The second-order valence-corrected chi connectivity index (χ2v) is 10.6. The largest absolute Gasteiger partial charge is 0.453 e.